The summed E-state index contributed by atoms with van der Waals surface area (Å²) in [7, 11) is 0. The van der Waals surface area contributed by atoms with Crippen LogP contribution in [0.2, 0.25) is 0 Å². The fourth-order valence-electron chi connectivity index (χ4n) is 2.31. The number of hydrogen-bond donors (Lipinski definition) is 2. The largest absolute Gasteiger partial charge is 0.480 e. The smallest absolute Gasteiger partial charge is 0.324 e. The third kappa shape index (κ3) is 2.91. The summed E-state index contributed by atoms with van der Waals surface area (Å²) < 4.78 is 5.57. The molecule has 1 saturated heterocycles. The van der Waals surface area contributed by atoms with Crippen LogP contribution < -0.4 is 5.32 Å². The van der Waals surface area contributed by atoms with E-state index in [9.17, 15) is 9.90 Å². The second-order valence-electron chi connectivity index (χ2n) is 4.68. The van der Waals surface area contributed by atoms with E-state index in [1.54, 1.807) is 11.3 Å². The Morgan fingerprint density at radius 1 is 1.72 bits per heavy atom. The number of hydrogen-bond acceptors (Lipinski definition) is 4. The van der Waals surface area contributed by atoms with Gasteiger partial charge in [0.05, 0.1) is 6.10 Å². The molecule has 1 aliphatic rings. The highest BCUT2D eigenvalue weighted by atomic mass is 32.1. The molecule has 0 bridgehead atoms. The minimum Gasteiger partial charge on any atom is -0.480 e. The fourth-order valence-corrected chi connectivity index (χ4v) is 2.96. The number of carboxylic acid groups (broad SMARTS) is 1. The van der Waals surface area contributed by atoms with Crippen LogP contribution in [0.15, 0.2) is 17.5 Å². The molecule has 4 nitrogen and oxygen atoms in total. The SMILES string of the molecule is CCC1CC(NCc2cccs2)(C(=O)O)CCO1. The molecular formula is C13H19NO3S. The van der Waals surface area contributed by atoms with Crippen LogP contribution in [0.3, 0.4) is 0 Å². The molecule has 2 heterocycles. The zero-order valence-corrected chi connectivity index (χ0v) is 11.3. The molecule has 0 aliphatic carbocycles. The summed E-state index contributed by atoms with van der Waals surface area (Å²) >= 11 is 1.64. The Hall–Kier alpha value is -0.910. The van der Waals surface area contributed by atoms with Crippen LogP contribution in [-0.4, -0.2) is 29.3 Å². The van der Waals surface area contributed by atoms with E-state index >= 15 is 0 Å². The van der Waals surface area contributed by atoms with Crippen LogP contribution in [0.1, 0.15) is 31.1 Å². The van der Waals surface area contributed by atoms with Gasteiger partial charge < -0.3 is 9.84 Å². The van der Waals surface area contributed by atoms with Crippen LogP contribution in [0, 0.1) is 0 Å². The van der Waals surface area contributed by atoms with Gasteiger partial charge in [-0.15, -0.1) is 11.3 Å². The van der Waals surface area contributed by atoms with Crippen LogP contribution in [0.5, 0.6) is 0 Å². The predicted molar refractivity (Wildman–Crippen MR) is 70.8 cm³/mol. The standard InChI is InChI=1S/C13H19NO3S/c1-2-10-8-13(12(15)16,5-6-17-10)14-9-11-4-3-7-18-11/h3-4,7,10,14H,2,5-6,8-9H2,1H3,(H,15,16). The Labute approximate surface area is 111 Å². The molecule has 5 heteroatoms. The molecule has 0 saturated carbocycles. The maximum absolute atomic E-state index is 11.6. The van der Waals surface area contributed by atoms with Crippen molar-refractivity contribution in [2.24, 2.45) is 0 Å². The minimum absolute atomic E-state index is 0.0469. The highest BCUT2D eigenvalue weighted by Gasteiger charge is 2.42. The Morgan fingerprint density at radius 2 is 2.56 bits per heavy atom. The first-order valence-electron chi connectivity index (χ1n) is 6.29. The zero-order chi connectivity index (χ0) is 13.0. The molecule has 0 amide bonds. The van der Waals surface area contributed by atoms with E-state index in [-0.39, 0.29) is 6.10 Å². The third-order valence-electron chi connectivity index (χ3n) is 3.50. The van der Waals surface area contributed by atoms with Gasteiger partial charge >= 0.3 is 5.97 Å². The number of carbonyl (C=O) groups is 1. The van der Waals surface area contributed by atoms with Crippen LogP contribution in [0.25, 0.3) is 0 Å². The Balaban J connectivity index is 2.04. The van der Waals surface area contributed by atoms with Gasteiger partial charge in [0, 0.05) is 24.4 Å². The third-order valence-corrected chi connectivity index (χ3v) is 4.38. The molecule has 1 aromatic rings. The van der Waals surface area contributed by atoms with Gasteiger partial charge in [-0.25, -0.2) is 0 Å². The van der Waals surface area contributed by atoms with Crippen molar-refractivity contribution in [3.63, 3.8) is 0 Å². The Morgan fingerprint density at radius 3 is 3.17 bits per heavy atom. The van der Waals surface area contributed by atoms with Crippen molar-refractivity contribution in [2.45, 2.75) is 44.4 Å². The molecule has 2 atom stereocenters. The highest BCUT2D eigenvalue weighted by Crippen LogP contribution is 2.27. The van der Waals surface area contributed by atoms with Gasteiger partial charge in [0.1, 0.15) is 5.54 Å². The van der Waals surface area contributed by atoms with Crippen molar-refractivity contribution < 1.29 is 14.6 Å². The van der Waals surface area contributed by atoms with Crippen molar-refractivity contribution in [2.75, 3.05) is 6.61 Å². The summed E-state index contributed by atoms with van der Waals surface area (Å²) in [5, 5.41) is 14.8. The number of aliphatic carboxylic acids is 1. The summed E-state index contributed by atoms with van der Waals surface area (Å²) in [6, 6.07) is 4.00. The first-order valence-corrected chi connectivity index (χ1v) is 7.16. The molecule has 2 rings (SSSR count). The van der Waals surface area contributed by atoms with Crippen molar-refractivity contribution >= 4 is 17.3 Å². The van der Waals surface area contributed by atoms with Gasteiger partial charge in [0.25, 0.3) is 0 Å². The molecule has 100 valence electrons. The lowest BCUT2D eigenvalue weighted by Crippen LogP contribution is -2.57. The number of ether oxygens (including phenoxy) is 1. The second-order valence-corrected chi connectivity index (χ2v) is 5.71. The quantitative estimate of drug-likeness (QED) is 0.860. The molecule has 1 aromatic heterocycles. The van der Waals surface area contributed by atoms with Gasteiger partial charge in [-0.1, -0.05) is 13.0 Å². The lowest BCUT2D eigenvalue weighted by Gasteiger charge is -2.38. The van der Waals surface area contributed by atoms with Crippen molar-refractivity contribution in [3.05, 3.63) is 22.4 Å². The van der Waals surface area contributed by atoms with Gasteiger partial charge in [0.2, 0.25) is 0 Å². The maximum Gasteiger partial charge on any atom is 0.324 e. The highest BCUT2D eigenvalue weighted by molar-refractivity contribution is 7.09. The predicted octanol–water partition coefficient (Wildman–Crippen LogP) is 2.25. The Bertz CT molecular complexity index is 393. The Kier molecular flexibility index (Phi) is 4.37. The van der Waals surface area contributed by atoms with E-state index in [4.69, 9.17) is 4.74 Å². The summed E-state index contributed by atoms with van der Waals surface area (Å²) in [5.74, 6) is -0.763. The van der Waals surface area contributed by atoms with E-state index in [2.05, 4.69) is 5.32 Å². The van der Waals surface area contributed by atoms with E-state index in [0.717, 1.165) is 11.3 Å². The fraction of sp³-hybridized carbons (Fsp3) is 0.615. The average molecular weight is 269 g/mol. The van der Waals surface area contributed by atoms with Crippen LogP contribution >= 0.6 is 11.3 Å². The van der Waals surface area contributed by atoms with Gasteiger partial charge in [-0.3, -0.25) is 10.1 Å². The second kappa shape index (κ2) is 5.82. The van der Waals surface area contributed by atoms with Crippen LogP contribution in [0.4, 0.5) is 0 Å². The molecule has 0 spiro atoms. The molecular weight excluding hydrogens is 250 g/mol. The van der Waals surface area contributed by atoms with E-state index < -0.39 is 11.5 Å². The molecule has 1 aliphatic heterocycles. The molecule has 1 fully saturated rings. The summed E-state index contributed by atoms with van der Waals surface area (Å²) in [4.78, 5) is 12.7. The molecule has 2 N–H and O–H groups in total. The number of nitrogens with one attached hydrogen (secondary N) is 1. The first kappa shape index (κ1) is 13.5. The van der Waals surface area contributed by atoms with E-state index in [1.165, 1.54) is 0 Å². The van der Waals surface area contributed by atoms with E-state index in [0.29, 0.717) is 26.0 Å². The summed E-state index contributed by atoms with van der Waals surface area (Å²) in [6.45, 7) is 3.16. The lowest BCUT2D eigenvalue weighted by atomic mass is 9.85. The number of rotatable bonds is 5. The average Bonchev–Trinajstić information content (AvgIpc) is 2.89. The molecule has 0 aromatic carbocycles. The van der Waals surface area contributed by atoms with Crippen molar-refractivity contribution in [1.29, 1.82) is 0 Å². The first-order chi connectivity index (χ1) is 8.66. The topological polar surface area (TPSA) is 58.6 Å². The number of carboxylic acids is 1. The minimum atomic E-state index is -0.830. The molecule has 2 unspecified atom stereocenters. The van der Waals surface area contributed by atoms with Gasteiger partial charge in [-0.05, 0) is 24.3 Å². The van der Waals surface area contributed by atoms with Crippen LogP contribution in [-0.2, 0) is 16.1 Å². The van der Waals surface area contributed by atoms with E-state index in [1.807, 2.05) is 24.4 Å². The molecule has 18 heavy (non-hydrogen) atoms. The monoisotopic (exact) mass is 269 g/mol. The van der Waals surface area contributed by atoms with Gasteiger partial charge in [-0.2, -0.15) is 0 Å². The molecule has 0 radical (unpaired) electrons. The number of thiophene rings is 1. The zero-order valence-electron chi connectivity index (χ0n) is 10.5. The summed E-state index contributed by atoms with van der Waals surface area (Å²) in [6.07, 6.45) is 1.98. The van der Waals surface area contributed by atoms with Crippen molar-refractivity contribution in [3.8, 4) is 0 Å². The maximum atomic E-state index is 11.6. The lowest BCUT2D eigenvalue weighted by molar-refractivity contribution is -0.152. The van der Waals surface area contributed by atoms with Gasteiger partial charge in [0.15, 0.2) is 0 Å². The normalized spacial score (nSPS) is 28.2. The summed E-state index contributed by atoms with van der Waals surface area (Å²) in [5.41, 5.74) is -0.830. The van der Waals surface area contributed by atoms with Crippen molar-refractivity contribution in [1.82, 2.24) is 5.32 Å².